The van der Waals surface area contributed by atoms with Gasteiger partial charge in [-0.15, -0.1) is 0 Å². The molecule has 0 aliphatic heterocycles. The zero-order chi connectivity index (χ0) is 14.7. The minimum absolute atomic E-state index is 0.0280. The van der Waals surface area contributed by atoms with Crippen LogP contribution in [0.2, 0.25) is 5.02 Å². The molecular weight excluding hydrogens is 286 g/mol. The summed E-state index contributed by atoms with van der Waals surface area (Å²) in [6.45, 7) is 0.472. The molecule has 0 aliphatic rings. The van der Waals surface area contributed by atoms with Crippen LogP contribution in [0.15, 0.2) is 48.8 Å². The van der Waals surface area contributed by atoms with E-state index in [2.05, 4.69) is 15.3 Å². The fraction of sp³-hybridized carbons (Fsp3) is 0.125. The third-order valence-corrected chi connectivity index (χ3v) is 3.50. The van der Waals surface area contributed by atoms with Gasteiger partial charge in [-0.3, -0.25) is 4.79 Å². The van der Waals surface area contributed by atoms with Crippen LogP contribution in [-0.4, -0.2) is 15.9 Å². The van der Waals surface area contributed by atoms with Crippen molar-refractivity contribution in [3.63, 3.8) is 0 Å². The number of aromatic amines is 1. The third kappa shape index (κ3) is 3.23. The lowest BCUT2D eigenvalue weighted by Crippen LogP contribution is -2.24. The quantitative estimate of drug-likeness (QED) is 0.778. The number of halogens is 1. The Bertz CT molecular complexity index is 782. The van der Waals surface area contributed by atoms with E-state index in [9.17, 15) is 4.79 Å². The van der Waals surface area contributed by atoms with Crippen molar-refractivity contribution in [2.24, 2.45) is 0 Å². The van der Waals surface area contributed by atoms with Crippen molar-refractivity contribution in [2.45, 2.75) is 13.0 Å². The van der Waals surface area contributed by atoms with Crippen molar-refractivity contribution in [1.29, 1.82) is 0 Å². The number of benzene rings is 1. The Labute approximate surface area is 127 Å². The largest absolute Gasteiger partial charge is 0.352 e. The molecule has 0 radical (unpaired) electrons. The van der Waals surface area contributed by atoms with E-state index in [1.807, 2.05) is 42.6 Å². The molecule has 4 nitrogen and oxygen atoms in total. The van der Waals surface area contributed by atoms with Gasteiger partial charge >= 0.3 is 0 Å². The number of hydrogen-bond donors (Lipinski definition) is 2. The zero-order valence-corrected chi connectivity index (χ0v) is 12.0. The van der Waals surface area contributed by atoms with Crippen LogP contribution in [0.5, 0.6) is 0 Å². The predicted octanol–water partition coefficient (Wildman–Crippen LogP) is 3.08. The smallest absolute Gasteiger partial charge is 0.224 e. The Balaban J connectivity index is 1.64. The lowest BCUT2D eigenvalue weighted by Gasteiger charge is -2.05. The second-order valence-corrected chi connectivity index (χ2v) is 5.23. The summed E-state index contributed by atoms with van der Waals surface area (Å²) in [5.41, 5.74) is 2.73. The van der Waals surface area contributed by atoms with E-state index in [0.717, 1.165) is 22.2 Å². The van der Waals surface area contributed by atoms with Gasteiger partial charge in [0.2, 0.25) is 5.91 Å². The maximum absolute atomic E-state index is 12.0. The number of nitrogens with one attached hydrogen (secondary N) is 2. The molecule has 3 rings (SSSR count). The maximum atomic E-state index is 12.0. The molecule has 0 spiro atoms. The van der Waals surface area contributed by atoms with Gasteiger partial charge in [-0.2, -0.15) is 0 Å². The van der Waals surface area contributed by atoms with Gasteiger partial charge in [-0.1, -0.05) is 23.7 Å². The first-order chi connectivity index (χ1) is 10.2. The first-order valence-corrected chi connectivity index (χ1v) is 7.02. The highest BCUT2D eigenvalue weighted by Crippen LogP contribution is 2.16. The molecule has 1 amide bonds. The SMILES string of the molecule is O=C(Cc1c[nH]c2ncccc12)NCc1cccc(Cl)c1. The minimum Gasteiger partial charge on any atom is -0.352 e. The molecule has 21 heavy (non-hydrogen) atoms. The molecule has 2 aromatic heterocycles. The second kappa shape index (κ2) is 5.97. The van der Waals surface area contributed by atoms with Crippen molar-refractivity contribution < 1.29 is 4.79 Å². The molecule has 2 N–H and O–H groups in total. The Kier molecular flexibility index (Phi) is 3.88. The number of carbonyl (C=O) groups is 1. The first kappa shape index (κ1) is 13.6. The first-order valence-electron chi connectivity index (χ1n) is 6.64. The molecule has 0 atom stereocenters. The monoisotopic (exact) mass is 299 g/mol. The topological polar surface area (TPSA) is 57.8 Å². The van der Waals surface area contributed by atoms with Crippen molar-refractivity contribution in [3.8, 4) is 0 Å². The summed E-state index contributed by atoms with van der Waals surface area (Å²) < 4.78 is 0. The summed E-state index contributed by atoms with van der Waals surface area (Å²) in [7, 11) is 0. The highest BCUT2D eigenvalue weighted by molar-refractivity contribution is 6.30. The number of hydrogen-bond acceptors (Lipinski definition) is 2. The summed E-state index contributed by atoms with van der Waals surface area (Å²) in [4.78, 5) is 19.3. The third-order valence-electron chi connectivity index (χ3n) is 3.27. The van der Waals surface area contributed by atoms with Crippen molar-refractivity contribution >= 4 is 28.5 Å². The molecule has 5 heteroatoms. The summed E-state index contributed by atoms with van der Waals surface area (Å²) >= 11 is 5.92. The number of rotatable bonds is 4. The number of H-pyrrole nitrogens is 1. The van der Waals surface area contributed by atoms with E-state index in [-0.39, 0.29) is 5.91 Å². The average molecular weight is 300 g/mol. The van der Waals surface area contributed by atoms with Crippen LogP contribution in [0.1, 0.15) is 11.1 Å². The maximum Gasteiger partial charge on any atom is 0.224 e. The Morgan fingerprint density at radius 3 is 3.05 bits per heavy atom. The summed E-state index contributed by atoms with van der Waals surface area (Å²) in [5.74, 6) is -0.0280. The van der Waals surface area contributed by atoms with Gasteiger partial charge in [0.15, 0.2) is 0 Å². The highest BCUT2D eigenvalue weighted by Gasteiger charge is 2.09. The molecule has 106 valence electrons. The van der Waals surface area contributed by atoms with E-state index in [1.165, 1.54) is 0 Å². The van der Waals surface area contributed by atoms with E-state index in [0.29, 0.717) is 18.0 Å². The summed E-state index contributed by atoms with van der Waals surface area (Å²) in [6.07, 6.45) is 3.88. The zero-order valence-electron chi connectivity index (χ0n) is 11.3. The van der Waals surface area contributed by atoms with Gasteiger partial charge in [0, 0.05) is 29.3 Å². The molecule has 3 aromatic rings. The van der Waals surface area contributed by atoms with E-state index in [4.69, 9.17) is 11.6 Å². The standard InChI is InChI=1S/C16H14ClN3O/c17-13-4-1-3-11(7-13)9-19-15(21)8-12-10-20-16-14(12)5-2-6-18-16/h1-7,10H,8-9H2,(H,18,20)(H,19,21). The molecule has 0 unspecified atom stereocenters. The van der Waals surface area contributed by atoms with Crippen LogP contribution < -0.4 is 5.32 Å². The van der Waals surface area contributed by atoms with Crippen LogP contribution in [-0.2, 0) is 17.8 Å². The van der Waals surface area contributed by atoms with Gasteiger partial charge in [0.1, 0.15) is 5.65 Å². The Hall–Kier alpha value is -2.33. The molecular formula is C16H14ClN3O. The predicted molar refractivity (Wildman–Crippen MR) is 83.1 cm³/mol. The number of aromatic nitrogens is 2. The number of pyridine rings is 1. The molecule has 0 bridgehead atoms. The number of nitrogens with zero attached hydrogens (tertiary/aromatic N) is 1. The average Bonchev–Trinajstić information content (AvgIpc) is 2.89. The number of amides is 1. The number of carbonyl (C=O) groups excluding carboxylic acids is 1. The highest BCUT2D eigenvalue weighted by atomic mass is 35.5. The Morgan fingerprint density at radius 2 is 2.19 bits per heavy atom. The number of fused-ring (bicyclic) bond motifs is 1. The summed E-state index contributed by atoms with van der Waals surface area (Å²) in [5, 5.41) is 4.55. The second-order valence-electron chi connectivity index (χ2n) is 4.80. The lowest BCUT2D eigenvalue weighted by molar-refractivity contribution is -0.120. The fourth-order valence-corrected chi connectivity index (χ4v) is 2.45. The van der Waals surface area contributed by atoms with Gasteiger partial charge in [-0.05, 0) is 35.4 Å². The van der Waals surface area contributed by atoms with Crippen LogP contribution in [0.4, 0.5) is 0 Å². The van der Waals surface area contributed by atoms with Crippen LogP contribution in [0, 0.1) is 0 Å². The lowest BCUT2D eigenvalue weighted by atomic mass is 10.1. The van der Waals surface area contributed by atoms with Crippen molar-refractivity contribution in [1.82, 2.24) is 15.3 Å². The van der Waals surface area contributed by atoms with Gasteiger partial charge < -0.3 is 10.3 Å². The van der Waals surface area contributed by atoms with E-state index in [1.54, 1.807) is 6.20 Å². The van der Waals surface area contributed by atoms with Gasteiger partial charge in [0.25, 0.3) is 0 Å². The molecule has 1 aromatic carbocycles. The molecule has 2 heterocycles. The van der Waals surface area contributed by atoms with E-state index < -0.39 is 0 Å². The Morgan fingerprint density at radius 1 is 1.29 bits per heavy atom. The molecule has 0 fully saturated rings. The van der Waals surface area contributed by atoms with Crippen molar-refractivity contribution in [2.75, 3.05) is 0 Å². The van der Waals surface area contributed by atoms with Crippen LogP contribution in [0.25, 0.3) is 11.0 Å². The van der Waals surface area contributed by atoms with Gasteiger partial charge in [-0.25, -0.2) is 4.98 Å². The molecule has 0 saturated carbocycles. The van der Waals surface area contributed by atoms with Crippen LogP contribution in [0.3, 0.4) is 0 Å². The van der Waals surface area contributed by atoms with Crippen LogP contribution >= 0.6 is 11.6 Å². The van der Waals surface area contributed by atoms with Crippen molar-refractivity contribution in [3.05, 3.63) is 64.9 Å². The molecule has 0 saturated heterocycles. The minimum atomic E-state index is -0.0280. The summed E-state index contributed by atoms with van der Waals surface area (Å²) in [6, 6.07) is 11.3. The normalized spacial score (nSPS) is 10.7. The van der Waals surface area contributed by atoms with E-state index >= 15 is 0 Å². The fourth-order valence-electron chi connectivity index (χ4n) is 2.24. The molecule has 0 aliphatic carbocycles. The van der Waals surface area contributed by atoms with Gasteiger partial charge in [0.05, 0.1) is 6.42 Å².